The van der Waals surface area contributed by atoms with Crippen LogP contribution in [0.25, 0.3) is 0 Å². The van der Waals surface area contributed by atoms with Crippen molar-refractivity contribution < 1.29 is 9.72 Å². The highest BCUT2D eigenvalue weighted by molar-refractivity contribution is 6.31. The summed E-state index contributed by atoms with van der Waals surface area (Å²) in [5.74, 6) is 0.106. The number of carbonyl (C=O) groups is 1. The Bertz CT molecular complexity index is 516. The number of rotatable bonds is 5. The molecule has 0 saturated carbocycles. The van der Waals surface area contributed by atoms with E-state index in [0.717, 1.165) is 25.9 Å². The smallest absolute Gasteiger partial charge is 0.282 e. The van der Waals surface area contributed by atoms with E-state index in [1.807, 2.05) is 0 Å². The van der Waals surface area contributed by atoms with Crippen molar-refractivity contribution in [2.45, 2.75) is 12.8 Å². The van der Waals surface area contributed by atoms with Crippen LogP contribution in [0.2, 0.25) is 5.02 Å². The van der Waals surface area contributed by atoms with Crippen LogP contribution in [0, 0.1) is 16.0 Å². The van der Waals surface area contributed by atoms with E-state index in [0.29, 0.717) is 17.5 Å². The minimum atomic E-state index is -0.577. The fourth-order valence-electron chi connectivity index (χ4n) is 2.30. The summed E-state index contributed by atoms with van der Waals surface area (Å²) >= 11 is 5.79. The van der Waals surface area contributed by atoms with Crippen molar-refractivity contribution in [1.29, 1.82) is 0 Å². The van der Waals surface area contributed by atoms with E-state index >= 15 is 0 Å². The summed E-state index contributed by atoms with van der Waals surface area (Å²) in [5.41, 5.74) is -0.221. The lowest BCUT2D eigenvalue weighted by Crippen LogP contribution is -2.27. The Balaban J connectivity index is 1.97. The molecule has 1 saturated heterocycles. The molecular formula is C13H16ClN3O3. The van der Waals surface area contributed by atoms with E-state index in [-0.39, 0.29) is 11.3 Å². The van der Waals surface area contributed by atoms with Crippen LogP contribution < -0.4 is 10.6 Å². The zero-order valence-corrected chi connectivity index (χ0v) is 11.7. The number of amides is 1. The van der Waals surface area contributed by atoms with Crippen LogP contribution in [-0.2, 0) is 0 Å². The van der Waals surface area contributed by atoms with E-state index < -0.39 is 10.8 Å². The van der Waals surface area contributed by atoms with E-state index in [1.54, 1.807) is 0 Å². The van der Waals surface area contributed by atoms with Gasteiger partial charge in [0.05, 0.1) is 4.92 Å². The van der Waals surface area contributed by atoms with Gasteiger partial charge >= 0.3 is 0 Å². The fourth-order valence-corrected chi connectivity index (χ4v) is 2.47. The number of carbonyl (C=O) groups excluding carboxylic acids is 1. The van der Waals surface area contributed by atoms with Crippen molar-refractivity contribution in [2.24, 2.45) is 5.92 Å². The summed E-state index contributed by atoms with van der Waals surface area (Å²) in [4.78, 5) is 22.3. The predicted molar refractivity (Wildman–Crippen MR) is 76.0 cm³/mol. The van der Waals surface area contributed by atoms with Crippen molar-refractivity contribution in [3.63, 3.8) is 0 Å². The molecule has 2 rings (SSSR count). The summed E-state index contributed by atoms with van der Waals surface area (Å²) < 4.78 is 0. The van der Waals surface area contributed by atoms with Gasteiger partial charge in [0.1, 0.15) is 5.56 Å². The van der Waals surface area contributed by atoms with Crippen LogP contribution >= 0.6 is 11.6 Å². The Morgan fingerprint density at radius 2 is 2.35 bits per heavy atom. The van der Waals surface area contributed by atoms with Gasteiger partial charge in [-0.05, 0) is 44.0 Å². The summed E-state index contributed by atoms with van der Waals surface area (Å²) in [6, 6.07) is 3.98. The average molecular weight is 298 g/mol. The normalized spacial score (nSPS) is 17.9. The molecule has 2 N–H and O–H groups in total. The van der Waals surface area contributed by atoms with Gasteiger partial charge < -0.3 is 10.6 Å². The molecule has 6 nitrogen and oxygen atoms in total. The molecule has 0 aromatic heterocycles. The molecule has 20 heavy (non-hydrogen) atoms. The second kappa shape index (κ2) is 6.67. The second-order valence-electron chi connectivity index (χ2n) is 4.82. The molecule has 1 fully saturated rings. The maximum absolute atomic E-state index is 12.0. The Morgan fingerprint density at radius 1 is 1.55 bits per heavy atom. The first-order chi connectivity index (χ1) is 9.58. The number of nitrogens with one attached hydrogen (secondary N) is 2. The Kier molecular flexibility index (Phi) is 4.92. The average Bonchev–Trinajstić information content (AvgIpc) is 2.91. The Labute approximate surface area is 121 Å². The van der Waals surface area contributed by atoms with E-state index in [9.17, 15) is 14.9 Å². The van der Waals surface area contributed by atoms with Gasteiger partial charge in [0.15, 0.2) is 0 Å². The first kappa shape index (κ1) is 14.7. The number of nitro benzene ring substituents is 1. The quantitative estimate of drug-likeness (QED) is 0.643. The topological polar surface area (TPSA) is 84.3 Å². The van der Waals surface area contributed by atoms with Crippen LogP contribution in [0.3, 0.4) is 0 Å². The molecule has 1 unspecified atom stereocenters. The number of benzene rings is 1. The van der Waals surface area contributed by atoms with Gasteiger partial charge in [0, 0.05) is 17.6 Å². The first-order valence-corrected chi connectivity index (χ1v) is 6.88. The molecule has 1 heterocycles. The van der Waals surface area contributed by atoms with Gasteiger partial charge in [0.25, 0.3) is 11.6 Å². The Morgan fingerprint density at radius 3 is 3.00 bits per heavy atom. The van der Waals surface area contributed by atoms with Crippen molar-refractivity contribution in [3.05, 3.63) is 38.9 Å². The monoisotopic (exact) mass is 297 g/mol. The zero-order valence-electron chi connectivity index (χ0n) is 10.9. The Hall–Kier alpha value is -1.66. The largest absolute Gasteiger partial charge is 0.352 e. The molecule has 1 amide bonds. The molecule has 7 heteroatoms. The number of hydrogen-bond acceptors (Lipinski definition) is 4. The maximum Gasteiger partial charge on any atom is 0.282 e. The number of nitro groups is 1. The molecule has 0 radical (unpaired) electrons. The second-order valence-corrected chi connectivity index (χ2v) is 5.26. The SMILES string of the molecule is O=C(NCCC1CCNC1)c1cc(Cl)ccc1[N+](=O)[O-]. The number of halogens is 1. The van der Waals surface area contributed by atoms with Crippen molar-refractivity contribution in [2.75, 3.05) is 19.6 Å². The summed E-state index contributed by atoms with van der Waals surface area (Å²) in [6.45, 7) is 2.49. The predicted octanol–water partition coefficient (Wildman–Crippen LogP) is 1.98. The number of hydrogen-bond donors (Lipinski definition) is 2. The van der Waals surface area contributed by atoms with Gasteiger partial charge in [-0.2, -0.15) is 0 Å². The highest BCUT2D eigenvalue weighted by Crippen LogP contribution is 2.22. The third kappa shape index (κ3) is 3.68. The molecule has 108 valence electrons. The van der Waals surface area contributed by atoms with Crippen LogP contribution in [-0.4, -0.2) is 30.5 Å². The first-order valence-electron chi connectivity index (χ1n) is 6.51. The summed E-state index contributed by atoms with van der Waals surface area (Å²) in [5, 5.41) is 17.2. The molecule has 1 aliphatic heterocycles. The minimum Gasteiger partial charge on any atom is -0.352 e. The number of nitrogens with zero attached hydrogens (tertiary/aromatic N) is 1. The lowest BCUT2D eigenvalue weighted by Gasteiger charge is -2.09. The van der Waals surface area contributed by atoms with Crippen LogP contribution in [0.4, 0.5) is 5.69 Å². The third-order valence-corrected chi connectivity index (χ3v) is 3.64. The summed E-state index contributed by atoms with van der Waals surface area (Å²) in [6.07, 6.45) is 1.97. The van der Waals surface area contributed by atoms with Crippen molar-refractivity contribution >= 4 is 23.2 Å². The lowest BCUT2D eigenvalue weighted by molar-refractivity contribution is -0.385. The fraction of sp³-hybridized carbons (Fsp3) is 0.462. The van der Waals surface area contributed by atoms with Crippen LogP contribution in [0.15, 0.2) is 18.2 Å². The van der Waals surface area contributed by atoms with Gasteiger partial charge in [-0.1, -0.05) is 11.6 Å². The van der Waals surface area contributed by atoms with E-state index in [4.69, 9.17) is 11.6 Å². The van der Waals surface area contributed by atoms with Crippen molar-refractivity contribution in [1.82, 2.24) is 10.6 Å². The zero-order chi connectivity index (χ0) is 14.5. The summed E-state index contributed by atoms with van der Waals surface area (Å²) in [7, 11) is 0. The van der Waals surface area contributed by atoms with Gasteiger partial charge in [-0.15, -0.1) is 0 Å². The lowest BCUT2D eigenvalue weighted by atomic mass is 10.1. The minimum absolute atomic E-state index is 0.00652. The molecular weight excluding hydrogens is 282 g/mol. The maximum atomic E-state index is 12.0. The van der Waals surface area contributed by atoms with Gasteiger partial charge in [-0.3, -0.25) is 14.9 Å². The molecule has 1 aromatic rings. The third-order valence-electron chi connectivity index (χ3n) is 3.40. The van der Waals surface area contributed by atoms with Crippen molar-refractivity contribution in [3.8, 4) is 0 Å². The van der Waals surface area contributed by atoms with Crippen LogP contribution in [0.5, 0.6) is 0 Å². The van der Waals surface area contributed by atoms with Crippen LogP contribution in [0.1, 0.15) is 23.2 Å². The highest BCUT2D eigenvalue weighted by Gasteiger charge is 2.21. The van der Waals surface area contributed by atoms with Gasteiger partial charge in [0.2, 0.25) is 0 Å². The molecule has 1 atom stereocenters. The molecule has 0 bridgehead atoms. The van der Waals surface area contributed by atoms with E-state index in [2.05, 4.69) is 10.6 Å². The molecule has 0 spiro atoms. The molecule has 1 aliphatic rings. The molecule has 0 aliphatic carbocycles. The molecule has 1 aromatic carbocycles. The highest BCUT2D eigenvalue weighted by atomic mass is 35.5. The standard InChI is InChI=1S/C13H16ClN3O3/c14-10-1-2-12(17(19)20)11(7-10)13(18)16-6-4-9-3-5-15-8-9/h1-2,7,9,15H,3-6,8H2,(H,16,18). The van der Waals surface area contributed by atoms with Gasteiger partial charge in [-0.25, -0.2) is 0 Å². The van der Waals surface area contributed by atoms with E-state index in [1.165, 1.54) is 18.2 Å².